The Morgan fingerprint density at radius 2 is 1.70 bits per heavy atom. The second-order valence-electron chi connectivity index (χ2n) is 7.41. The molecular weight excluding hydrogens is 440 g/mol. The minimum atomic E-state index is -2.38. The molecule has 0 aliphatic carbocycles. The van der Waals surface area contributed by atoms with Crippen LogP contribution in [0.3, 0.4) is 0 Å². The lowest BCUT2D eigenvalue weighted by Gasteiger charge is -2.24. The minimum Gasteiger partial charge on any atom is -0.463 e. The zero-order valence-corrected chi connectivity index (χ0v) is 19.7. The zero-order chi connectivity index (χ0) is 25.4. The Bertz CT molecular complexity index is 689. The largest absolute Gasteiger partial charge is 0.463 e. The molecule has 14 heteroatoms. The van der Waals surface area contributed by atoms with Crippen molar-refractivity contribution < 1.29 is 38.5 Å². The van der Waals surface area contributed by atoms with Gasteiger partial charge in [-0.15, -0.1) is 0 Å². The van der Waals surface area contributed by atoms with Gasteiger partial charge in [0, 0.05) is 19.9 Å². The number of carbonyl (C=O) groups excluding carboxylic acids is 4. The molecule has 0 aromatic heterocycles. The summed E-state index contributed by atoms with van der Waals surface area (Å²) in [7, 11) is 2.99. The van der Waals surface area contributed by atoms with Gasteiger partial charge in [0.15, 0.2) is 5.60 Å². The summed E-state index contributed by atoms with van der Waals surface area (Å²) in [6, 6.07) is 0. The number of hydrogen-bond acceptors (Lipinski definition) is 11. The number of esters is 1. The van der Waals surface area contributed by atoms with E-state index in [2.05, 4.69) is 21.4 Å². The van der Waals surface area contributed by atoms with Crippen LogP contribution in [0.1, 0.15) is 46.5 Å². The number of hydrogen-bond donors (Lipinski definition) is 6. The third kappa shape index (κ3) is 13.5. The number of amides is 3. The quantitative estimate of drug-likeness (QED) is 0.0475. The molecule has 0 aliphatic rings. The molecule has 7 N–H and O–H groups in total. The van der Waals surface area contributed by atoms with Gasteiger partial charge < -0.3 is 19.3 Å². The molecule has 0 fully saturated rings. The van der Waals surface area contributed by atoms with Gasteiger partial charge in [0.25, 0.3) is 5.91 Å². The molecule has 0 saturated heterocycles. The number of ether oxygens (including phenoxy) is 3. The Morgan fingerprint density at radius 1 is 1.06 bits per heavy atom. The number of rotatable bonds is 16. The summed E-state index contributed by atoms with van der Waals surface area (Å²) in [4.78, 5) is 47.5. The molecule has 0 saturated carbocycles. The summed E-state index contributed by atoms with van der Waals surface area (Å²) < 4.78 is 15.7. The van der Waals surface area contributed by atoms with Crippen molar-refractivity contribution in [3.8, 4) is 0 Å². The van der Waals surface area contributed by atoms with Crippen LogP contribution in [-0.2, 0) is 33.4 Å². The molecule has 0 bridgehead atoms. The number of hydrazone groups is 1. The van der Waals surface area contributed by atoms with Crippen LogP contribution >= 0.6 is 0 Å². The standard InChI is InChI=1S/C19H36N6O8/c1-12(6-7-17(28)33-11-14(3)32-10-13(2)31-5)23-25-16(27)9-19(30,18(29)22-20)8-15(26)24-21-4/h13-14,21,30H,6-11,20H2,1-5H3,(H,22,29)(H,24,26)(H,25,27)/b23-12+. The van der Waals surface area contributed by atoms with Gasteiger partial charge in [-0.1, -0.05) is 0 Å². The predicted octanol–water partition coefficient (Wildman–Crippen LogP) is -2.01. The van der Waals surface area contributed by atoms with E-state index in [0.29, 0.717) is 12.3 Å². The van der Waals surface area contributed by atoms with Gasteiger partial charge in [-0.3, -0.25) is 30.0 Å². The van der Waals surface area contributed by atoms with Crippen molar-refractivity contribution in [3.05, 3.63) is 0 Å². The summed E-state index contributed by atoms with van der Waals surface area (Å²) in [6.45, 7) is 5.67. The molecule has 33 heavy (non-hydrogen) atoms. The lowest BCUT2D eigenvalue weighted by Crippen LogP contribution is -2.54. The van der Waals surface area contributed by atoms with Gasteiger partial charge in [-0.25, -0.2) is 16.7 Å². The van der Waals surface area contributed by atoms with Crippen LogP contribution in [0.5, 0.6) is 0 Å². The molecule has 3 amide bonds. The van der Waals surface area contributed by atoms with Crippen LogP contribution in [-0.4, -0.2) is 79.7 Å². The fourth-order valence-electron chi connectivity index (χ4n) is 2.31. The molecule has 0 heterocycles. The zero-order valence-electron chi connectivity index (χ0n) is 19.7. The summed E-state index contributed by atoms with van der Waals surface area (Å²) in [5, 5.41) is 14.2. The highest BCUT2D eigenvalue weighted by molar-refractivity contribution is 5.95. The van der Waals surface area contributed by atoms with Crippen molar-refractivity contribution in [3.63, 3.8) is 0 Å². The molecule has 3 unspecified atom stereocenters. The highest BCUT2D eigenvalue weighted by Crippen LogP contribution is 2.16. The number of nitrogens with zero attached hydrogens (tertiary/aromatic N) is 1. The molecular formula is C19H36N6O8. The Hall–Kier alpha value is -2.65. The Kier molecular flexibility index (Phi) is 14.8. The van der Waals surface area contributed by atoms with Crippen molar-refractivity contribution in [2.24, 2.45) is 10.9 Å². The molecule has 0 aliphatic heterocycles. The van der Waals surface area contributed by atoms with Crippen molar-refractivity contribution in [1.29, 1.82) is 0 Å². The van der Waals surface area contributed by atoms with Crippen LogP contribution in [0.2, 0.25) is 0 Å². The highest BCUT2D eigenvalue weighted by Gasteiger charge is 2.40. The Balaban J connectivity index is 4.52. The fourth-order valence-corrected chi connectivity index (χ4v) is 2.31. The average molecular weight is 477 g/mol. The highest BCUT2D eigenvalue weighted by atomic mass is 16.6. The second-order valence-corrected chi connectivity index (χ2v) is 7.41. The topological polar surface area (TPSA) is 203 Å². The van der Waals surface area contributed by atoms with Crippen LogP contribution in [0.4, 0.5) is 0 Å². The lowest BCUT2D eigenvalue weighted by atomic mass is 9.94. The van der Waals surface area contributed by atoms with E-state index in [0.717, 1.165) is 0 Å². The monoisotopic (exact) mass is 476 g/mol. The van der Waals surface area contributed by atoms with E-state index >= 15 is 0 Å². The van der Waals surface area contributed by atoms with E-state index < -0.39 is 42.1 Å². The van der Waals surface area contributed by atoms with Gasteiger partial charge in [0.05, 0.1) is 38.1 Å². The van der Waals surface area contributed by atoms with Crippen molar-refractivity contribution in [2.45, 2.75) is 64.3 Å². The summed E-state index contributed by atoms with van der Waals surface area (Å²) in [5.41, 5.74) is 6.43. The first-order valence-electron chi connectivity index (χ1n) is 10.3. The molecule has 0 aromatic rings. The minimum absolute atomic E-state index is 0.0239. The number of methoxy groups -OCH3 is 1. The van der Waals surface area contributed by atoms with Crippen molar-refractivity contribution in [1.82, 2.24) is 21.7 Å². The van der Waals surface area contributed by atoms with Gasteiger partial charge in [0.2, 0.25) is 11.8 Å². The van der Waals surface area contributed by atoms with Crippen molar-refractivity contribution >= 4 is 29.4 Å². The Labute approximate surface area is 192 Å². The SMILES string of the molecule is CNNC(=O)CC(O)(CC(=O)N/N=C(\C)CCC(=O)OCC(C)OCC(C)OC)C(=O)NN. The lowest BCUT2D eigenvalue weighted by molar-refractivity contribution is -0.150. The third-order valence-corrected chi connectivity index (χ3v) is 4.28. The van der Waals surface area contributed by atoms with Crippen LogP contribution in [0.15, 0.2) is 5.10 Å². The van der Waals surface area contributed by atoms with Gasteiger partial charge in [-0.2, -0.15) is 5.10 Å². The van der Waals surface area contributed by atoms with E-state index in [4.69, 9.17) is 20.1 Å². The number of aliphatic hydroxyl groups is 1. The maximum Gasteiger partial charge on any atom is 0.306 e. The smallest absolute Gasteiger partial charge is 0.306 e. The number of nitrogens with one attached hydrogen (secondary N) is 4. The third-order valence-electron chi connectivity index (χ3n) is 4.28. The van der Waals surface area contributed by atoms with E-state index in [1.165, 1.54) is 7.05 Å². The summed E-state index contributed by atoms with van der Waals surface area (Å²) in [5.74, 6) is 1.89. The van der Waals surface area contributed by atoms with Crippen LogP contribution < -0.4 is 27.5 Å². The van der Waals surface area contributed by atoms with Gasteiger partial charge >= 0.3 is 5.97 Å². The molecule has 0 spiro atoms. The molecule has 190 valence electrons. The van der Waals surface area contributed by atoms with Gasteiger partial charge in [-0.05, 0) is 27.2 Å². The molecule has 0 radical (unpaired) electrons. The summed E-state index contributed by atoms with van der Waals surface area (Å²) >= 11 is 0. The molecule has 14 nitrogen and oxygen atoms in total. The van der Waals surface area contributed by atoms with Crippen LogP contribution in [0, 0.1) is 0 Å². The maximum absolute atomic E-state index is 12.1. The van der Waals surface area contributed by atoms with E-state index in [1.807, 2.05) is 6.92 Å². The second kappa shape index (κ2) is 16.0. The maximum atomic E-state index is 12.1. The van der Waals surface area contributed by atoms with E-state index in [-0.39, 0.29) is 31.7 Å². The predicted molar refractivity (Wildman–Crippen MR) is 117 cm³/mol. The van der Waals surface area contributed by atoms with Gasteiger partial charge in [0.1, 0.15) is 6.61 Å². The van der Waals surface area contributed by atoms with Crippen LogP contribution in [0.25, 0.3) is 0 Å². The summed E-state index contributed by atoms with van der Waals surface area (Å²) in [6.07, 6.45) is -1.62. The first-order chi connectivity index (χ1) is 15.5. The van der Waals surface area contributed by atoms with E-state index in [1.54, 1.807) is 26.4 Å². The normalized spacial score (nSPS) is 15.1. The Morgan fingerprint density at radius 3 is 2.27 bits per heavy atom. The molecule has 0 rings (SSSR count). The molecule has 3 atom stereocenters. The van der Waals surface area contributed by atoms with E-state index in [9.17, 15) is 24.3 Å². The average Bonchev–Trinajstić information content (AvgIpc) is 2.77. The first-order valence-corrected chi connectivity index (χ1v) is 10.3. The number of carbonyl (C=O) groups is 4. The number of hydrazine groups is 2. The fraction of sp³-hybridized carbons (Fsp3) is 0.737. The number of nitrogens with two attached hydrogens (primary N) is 1. The molecule has 0 aromatic carbocycles. The first kappa shape index (κ1) is 30.4. The van der Waals surface area contributed by atoms with Crippen molar-refractivity contribution in [2.75, 3.05) is 27.4 Å².